The minimum Gasteiger partial charge on any atom is -0.496 e. The van der Waals surface area contributed by atoms with Crippen LogP contribution >= 0.6 is 23.2 Å². The number of benzene rings is 2. The number of halogens is 2. The second kappa shape index (κ2) is 15.0. The molecule has 1 saturated heterocycles. The highest BCUT2D eigenvalue weighted by atomic mass is 35.5. The monoisotopic (exact) mass is 662 g/mol. The van der Waals surface area contributed by atoms with Gasteiger partial charge < -0.3 is 19.3 Å². The SMILES string of the molecule is CCOC(=O)N1CCCCN1C(=O)Cc1c(Cl)cc(C)cc1OC.COc1cc(C)cc(Cl)c1-c1c(O)n2n(c1=O)CCCC2. The van der Waals surface area contributed by atoms with Gasteiger partial charge in [-0.05, 0) is 81.8 Å². The molecule has 244 valence electrons. The maximum Gasteiger partial charge on any atom is 0.428 e. The number of hydrogen-bond donors (Lipinski definition) is 1. The van der Waals surface area contributed by atoms with Crippen LogP contribution in [0.15, 0.2) is 29.1 Å². The summed E-state index contributed by atoms with van der Waals surface area (Å²) in [6.45, 7) is 8.03. The van der Waals surface area contributed by atoms with Crippen LogP contribution in [0.4, 0.5) is 4.79 Å². The van der Waals surface area contributed by atoms with E-state index >= 15 is 0 Å². The van der Waals surface area contributed by atoms with Crippen molar-refractivity contribution in [3.63, 3.8) is 0 Å². The first kappa shape index (κ1) is 34.1. The summed E-state index contributed by atoms with van der Waals surface area (Å²) >= 11 is 12.6. The molecule has 3 aromatic rings. The van der Waals surface area contributed by atoms with E-state index in [1.54, 1.807) is 41.6 Å². The Labute approximate surface area is 272 Å². The van der Waals surface area contributed by atoms with Gasteiger partial charge in [0.2, 0.25) is 11.8 Å². The number of aromatic hydroxyl groups is 1. The molecule has 0 atom stereocenters. The quantitative estimate of drug-likeness (QED) is 0.345. The van der Waals surface area contributed by atoms with Gasteiger partial charge in [0.1, 0.15) is 17.1 Å². The van der Waals surface area contributed by atoms with Crippen molar-refractivity contribution in [3.8, 4) is 28.5 Å². The average Bonchev–Trinajstić information content (AvgIpc) is 3.27. The zero-order chi connectivity index (χ0) is 32.8. The van der Waals surface area contributed by atoms with Crippen molar-refractivity contribution in [2.75, 3.05) is 33.9 Å². The zero-order valence-corrected chi connectivity index (χ0v) is 27.8. The number of fused-ring (bicyclic) bond motifs is 1. The van der Waals surface area contributed by atoms with Gasteiger partial charge >= 0.3 is 6.09 Å². The Hall–Kier alpha value is -3.83. The number of hydrogen-bond acceptors (Lipinski definition) is 7. The van der Waals surface area contributed by atoms with Crippen LogP contribution < -0.4 is 15.0 Å². The molecular formula is C32H40Cl2N4O7. The fraction of sp³-hybridized carbons (Fsp3) is 0.469. The molecule has 2 aromatic carbocycles. The minimum absolute atomic E-state index is 0.0382. The second-order valence-electron chi connectivity index (χ2n) is 10.9. The predicted molar refractivity (Wildman–Crippen MR) is 172 cm³/mol. The van der Waals surface area contributed by atoms with Crippen molar-refractivity contribution in [1.29, 1.82) is 0 Å². The van der Waals surface area contributed by atoms with E-state index in [0.29, 0.717) is 58.9 Å². The highest BCUT2D eigenvalue weighted by molar-refractivity contribution is 6.34. The summed E-state index contributed by atoms with van der Waals surface area (Å²) in [6, 6.07) is 7.21. The molecule has 5 rings (SSSR count). The highest BCUT2D eigenvalue weighted by Gasteiger charge is 2.31. The first-order chi connectivity index (χ1) is 21.5. The molecule has 11 nitrogen and oxygen atoms in total. The lowest BCUT2D eigenvalue weighted by atomic mass is 10.1. The third-order valence-corrected chi connectivity index (χ3v) is 8.40. The first-order valence-electron chi connectivity index (χ1n) is 15.0. The van der Waals surface area contributed by atoms with Gasteiger partial charge in [0, 0.05) is 36.8 Å². The molecule has 2 aliphatic heterocycles. The van der Waals surface area contributed by atoms with Gasteiger partial charge in [-0.1, -0.05) is 23.2 Å². The summed E-state index contributed by atoms with van der Waals surface area (Å²) < 4.78 is 18.9. The summed E-state index contributed by atoms with van der Waals surface area (Å²) in [6.07, 6.45) is 3.14. The molecule has 1 aromatic heterocycles. The number of rotatable bonds is 6. The van der Waals surface area contributed by atoms with E-state index in [2.05, 4.69) is 0 Å². The fourth-order valence-corrected chi connectivity index (χ4v) is 6.32. The van der Waals surface area contributed by atoms with Crippen molar-refractivity contribution in [3.05, 3.63) is 61.4 Å². The molecule has 2 aliphatic rings. The number of aromatic nitrogens is 2. The first-order valence-corrected chi connectivity index (χ1v) is 15.7. The summed E-state index contributed by atoms with van der Waals surface area (Å²) in [7, 11) is 3.07. The molecule has 13 heteroatoms. The maximum absolute atomic E-state index is 12.8. The number of carbonyl (C=O) groups excluding carboxylic acids is 2. The van der Waals surface area contributed by atoms with Gasteiger partial charge in [-0.15, -0.1) is 0 Å². The van der Waals surface area contributed by atoms with Crippen LogP contribution in [0.25, 0.3) is 11.1 Å². The van der Waals surface area contributed by atoms with Gasteiger partial charge in [-0.25, -0.2) is 19.5 Å². The molecule has 1 fully saturated rings. The third-order valence-electron chi connectivity index (χ3n) is 7.76. The van der Waals surface area contributed by atoms with Gasteiger partial charge in [-0.2, -0.15) is 0 Å². The Morgan fingerprint density at radius 3 is 1.96 bits per heavy atom. The molecule has 0 radical (unpaired) electrons. The topological polar surface area (TPSA) is 115 Å². The molecular weight excluding hydrogens is 623 g/mol. The lowest BCUT2D eigenvalue weighted by molar-refractivity contribution is -0.148. The van der Waals surface area contributed by atoms with Crippen LogP contribution in [-0.4, -0.2) is 70.4 Å². The van der Waals surface area contributed by atoms with Crippen LogP contribution in [0.2, 0.25) is 10.0 Å². The molecule has 3 heterocycles. The van der Waals surface area contributed by atoms with Crippen molar-refractivity contribution in [2.24, 2.45) is 0 Å². The number of aryl methyl sites for hydroxylation is 2. The normalized spacial score (nSPS) is 14.3. The Morgan fingerprint density at radius 2 is 1.36 bits per heavy atom. The summed E-state index contributed by atoms with van der Waals surface area (Å²) in [5.41, 5.74) is 2.98. The number of carbonyl (C=O) groups is 2. The van der Waals surface area contributed by atoms with Gasteiger partial charge in [0.05, 0.1) is 37.8 Å². The molecule has 45 heavy (non-hydrogen) atoms. The van der Waals surface area contributed by atoms with E-state index in [1.807, 2.05) is 19.9 Å². The van der Waals surface area contributed by atoms with Crippen LogP contribution in [-0.2, 0) is 29.0 Å². The standard InChI is InChI=1S/C17H23ClN2O4.C15H17ClN2O3/c1-4-24-17(22)20-8-6-5-7-19(20)16(21)11-13-14(18)9-12(2)10-15(13)23-3;1-9-7-10(16)12(11(8-9)21-2)13-14(19)17-5-3-4-6-18(17)15(13)20/h9-10H,4-8,11H2,1-3H3;7-8,19H,3-6H2,1-2H3. The lowest BCUT2D eigenvalue weighted by Gasteiger charge is -2.37. The summed E-state index contributed by atoms with van der Waals surface area (Å²) in [5.74, 6) is 0.833. The third kappa shape index (κ3) is 7.36. The Kier molecular flexibility index (Phi) is 11.3. The van der Waals surface area contributed by atoms with E-state index < -0.39 is 6.09 Å². The molecule has 0 aliphatic carbocycles. The van der Waals surface area contributed by atoms with Gasteiger partial charge in [0.25, 0.3) is 5.56 Å². The maximum atomic E-state index is 12.8. The Morgan fingerprint density at radius 1 is 0.800 bits per heavy atom. The van der Waals surface area contributed by atoms with E-state index in [1.165, 1.54) is 17.1 Å². The fourth-order valence-electron chi connectivity index (χ4n) is 5.63. The Bertz CT molecular complexity index is 1620. The van der Waals surface area contributed by atoms with Crippen molar-refractivity contribution < 1.29 is 28.9 Å². The summed E-state index contributed by atoms with van der Waals surface area (Å²) in [4.78, 5) is 37.4. The number of nitrogens with zero attached hydrogens (tertiary/aromatic N) is 4. The largest absolute Gasteiger partial charge is 0.496 e. The number of methoxy groups -OCH3 is 2. The second-order valence-corrected chi connectivity index (χ2v) is 11.7. The van der Waals surface area contributed by atoms with Gasteiger partial charge in [-0.3, -0.25) is 14.3 Å². The zero-order valence-electron chi connectivity index (χ0n) is 26.3. The molecule has 1 N–H and O–H groups in total. The van der Waals surface area contributed by atoms with Crippen molar-refractivity contribution in [1.82, 2.24) is 19.4 Å². The van der Waals surface area contributed by atoms with E-state index in [4.69, 9.17) is 37.4 Å². The molecule has 0 bridgehead atoms. The summed E-state index contributed by atoms with van der Waals surface area (Å²) in [5, 5.41) is 14.2. The van der Waals surface area contributed by atoms with Crippen LogP contribution in [0.5, 0.6) is 17.4 Å². The van der Waals surface area contributed by atoms with Crippen LogP contribution in [0.3, 0.4) is 0 Å². The van der Waals surface area contributed by atoms with E-state index in [-0.39, 0.29) is 35.9 Å². The minimum atomic E-state index is -0.493. The van der Waals surface area contributed by atoms with E-state index in [0.717, 1.165) is 36.8 Å². The van der Waals surface area contributed by atoms with Gasteiger partial charge in [0.15, 0.2) is 0 Å². The number of ether oxygens (including phenoxy) is 3. The highest BCUT2D eigenvalue weighted by Crippen LogP contribution is 2.40. The predicted octanol–water partition coefficient (Wildman–Crippen LogP) is 5.98. The van der Waals surface area contributed by atoms with Crippen LogP contribution in [0.1, 0.15) is 49.3 Å². The smallest absolute Gasteiger partial charge is 0.428 e. The lowest BCUT2D eigenvalue weighted by Crippen LogP contribution is -2.53. The van der Waals surface area contributed by atoms with Crippen molar-refractivity contribution in [2.45, 2.75) is 66.0 Å². The number of amides is 2. The molecule has 0 saturated carbocycles. The van der Waals surface area contributed by atoms with Crippen molar-refractivity contribution >= 4 is 35.2 Å². The van der Waals surface area contributed by atoms with Crippen LogP contribution in [0, 0.1) is 13.8 Å². The molecule has 2 amide bonds. The Balaban J connectivity index is 0.000000206. The molecule has 0 spiro atoms. The van der Waals surface area contributed by atoms with E-state index in [9.17, 15) is 19.5 Å². The number of hydrazine groups is 1. The molecule has 0 unspecified atom stereocenters. The average molecular weight is 664 g/mol.